The van der Waals surface area contributed by atoms with Crippen LogP contribution in [0, 0.1) is 5.92 Å². The molecule has 4 heteroatoms. The van der Waals surface area contributed by atoms with Crippen LogP contribution in [0.2, 0.25) is 0 Å². The Morgan fingerprint density at radius 2 is 2.29 bits per heavy atom. The van der Waals surface area contributed by atoms with Gasteiger partial charge in [0.2, 0.25) is 5.91 Å². The summed E-state index contributed by atoms with van der Waals surface area (Å²) >= 11 is 0. The van der Waals surface area contributed by atoms with E-state index in [0.717, 1.165) is 19.5 Å². The highest BCUT2D eigenvalue weighted by atomic mass is 35.5. The molecule has 1 rings (SSSR count). The van der Waals surface area contributed by atoms with Gasteiger partial charge in [0.1, 0.15) is 0 Å². The molecular formula is C10H21ClN2O. The maximum atomic E-state index is 11.6. The van der Waals surface area contributed by atoms with Gasteiger partial charge in [-0.15, -0.1) is 12.4 Å². The van der Waals surface area contributed by atoms with Crippen molar-refractivity contribution in [2.24, 2.45) is 11.7 Å². The van der Waals surface area contributed by atoms with Gasteiger partial charge in [-0.1, -0.05) is 6.92 Å². The SMILES string of the molecule is CC(N)CC(=O)N1CCC[C@H](C)C1.Cl. The van der Waals surface area contributed by atoms with Gasteiger partial charge in [-0.25, -0.2) is 0 Å². The number of nitrogens with two attached hydrogens (primary N) is 1. The third-order valence-electron chi connectivity index (χ3n) is 2.51. The lowest BCUT2D eigenvalue weighted by atomic mass is 10.00. The fourth-order valence-corrected chi connectivity index (χ4v) is 1.82. The molecule has 0 bridgehead atoms. The average Bonchev–Trinajstić information content (AvgIpc) is 2.03. The standard InChI is InChI=1S/C10H20N2O.ClH/c1-8-4-3-5-12(7-8)10(13)6-9(2)11;/h8-9H,3-7,11H2,1-2H3;1H/t8-,9?;/m0./s1. The van der Waals surface area contributed by atoms with Gasteiger partial charge in [-0.05, 0) is 25.7 Å². The summed E-state index contributed by atoms with van der Waals surface area (Å²) in [5.41, 5.74) is 5.59. The molecule has 3 nitrogen and oxygen atoms in total. The van der Waals surface area contributed by atoms with E-state index in [1.54, 1.807) is 0 Å². The lowest BCUT2D eigenvalue weighted by Gasteiger charge is -2.31. The Bertz CT molecular complexity index is 185. The van der Waals surface area contributed by atoms with Crippen LogP contribution in [-0.4, -0.2) is 29.9 Å². The van der Waals surface area contributed by atoms with E-state index in [0.29, 0.717) is 12.3 Å². The topological polar surface area (TPSA) is 46.3 Å². The molecule has 1 saturated heterocycles. The molecule has 2 N–H and O–H groups in total. The van der Waals surface area contributed by atoms with Crippen LogP contribution >= 0.6 is 12.4 Å². The van der Waals surface area contributed by atoms with Crippen molar-refractivity contribution < 1.29 is 4.79 Å². The summed E-state index contributed by atoms with van der Waals surface area (Å²) in [5.74, 6) is 0.882. The smallest absolute Gasteiger partial charge is 0.224 e. The van der Waals surface area contributed by atoms with Crippen molar-refractivity contribution >= 4 is 18.3 Å². The second kappa shape index (κ2) is 6.25. The molecule has 1 aliphatic rings. The first-order valence-corrected chi connectivity index (χ1v) is 5.13. The van der Waals surface area contributed by atoms with Crippen molar-refractivity contribution in [3.8, 4) is 0 Å². The highest BCUT2D eigenvalue weighted by molar-refractivity contribution is 5.85. The van der Waals surface area contributed by atoms with Crippen molar-refractivity contribution in [2.75, 3.05) is 13.1 Å². The van der Waals surface area contributed by atoms with Crippen LogP contribution in [0.5, 0.6) is 0 Å². The number of nitrogens with zero attached hydrogens (tertiary/aromatic N) is 1. The first-order chi connectivity index (χ1) is 6.09. The van der Waals surface area contributed by atoms with E-state index in [4.69, 9.17) is 5.73 Å². The van der Waals surface area contributed by atoms with Gasteiger partial charge in [0, 0.05) is 25.6 Å². The fraction of sp³-hybridized carbons (Fsp3) is 0.900. The summed E-state index contributed by atoms with van der Waals surface area (Å²) < 4.78 is 0. The maximum Gasteiger partial charge on any atom is 0.224 e. The average molecular weight is 221 g/mol. The van der Waals surface area contributed by atoms with E-state index in [1.807, 2.05) is 11.8 Å². The molecule has 84 valence electrons. The zero-order valence-corrected chi connectivity index (χ0v) is 9.85. The number of piperidine rings is 1. The number of hydrogen-bond donors (Lipinski definition) is 1. The van der Waals surface area contributed by atoms with Gasteiger partial charge in [-0.2, -0.15) is 0 Å². The maximum absolute atomic E-state index is 11.6. The van der Waals surface area contributed by atoms with Crippen molar-refractivity contribution in [1.82, 2.24) is 4.90 Å². The summed E-state index contributed by atoms with van der Waals surface area (Å²) in [4.78, 5) is 13.6. The molecule has 0 aromatic carbocycles. The van der Waals surface area contributed by atoms with Crippen molar-refractivity contribution in [3.63, 3.8) is 0 Å². The molecule has 0 spiro atoms. The summed E-state index contributed by atoms with van der Waals surface area (Å²) in [6.45, 7) is 5.93. The van der Waals surface area contributed by atoms with Crippen molar-refractivity contribution in [3.05, 3.63) is 0 Å². The molecule has 0 aromatic rings. The number of rotatable bonds is 2. The summed E-state index contributed by atoms with van der Waals surface area (Å²) in [6.07, 6.45) is 2.89. The van der Waals surface area contributed by atoms with Crippen LogP contribution in [0.3, 0.4) is 0 Å². The Morgan fingerprint density at radius 1 is 1.64 bits per heavy atom. The van der Waals surface area contributed by atoms with Crippen LogP contribution in [0.25, 0.3) is 0 Å². The second-order valence-electron chi connectivity index (χ2n) is 4.27. The zero-order valence-electron chi connectivity index (χ0n) is 9.03. The monoisotopic (exact) mass is 220 g/mol. The van der Waals surface area contributed by atoms with Gasteiger partial charge < -0.3 is 10.6 Å². The van der Waals surface area contributed by atoms with E-state index in [2.05, 4.69) is 6.92 Å². The molecule has 1 fully saturated rings. The molecule has 14 heavy (non-hydrogen) atoms. The minimum atomic E-state index is -0.00951. The van der Waals surface area contributed by atoms with E-state index < -0.39 is 0 Å². The minimum absolute atomic E-state index is 0. The predicted octanol–water partition coefficient (Wildman–Crippen LogP) is 1.40. The van der Waals surface area contributed by atoms with Crippen LogP contribution in [-0.2, 0) is 4.79 Å². The molecule has 0 saturated carbocycles. The molecule has 1 aliphatic heterocycles. The molecule has 0 radical (unpaired) electrons. The van der Waals surface area contributed by atoms with Crippen LogP contribution in [0.15, 0.2) is 0 Å². The molecular weight excluding hydrogens is 200 g/mol. The first-order valence-electron chi connectivity index (χ1n) is 5.13. The number of amides is 1. The Morgan fingerprint density at radius 3 is 2.79 bits per heavy atom. The number of carbonyl (C=O) groups is 1. The second-order valence-corrected chi connectivity index (χ2v) is 4.27. The van der Waals surface area contributed by atoms with Gasteiger partial charge in [0.05, 0.1) is 0 Å². The summed E-state index contributed by atoms with van der Waals surface area (Å²) in [5, 5.41) is 0. The zero-order chi connectivity index (χ0) is 9.84. The Kier molecular flexibility index (Phi) is 6.12. The van der Waals surface area contributed by atoms with Crippen LogP contribution in [0.1, 0.15) is 33.1 Å². The van der Waals surface area contributed by atoms with Crippen molar-refractivity contribution in [1.29, 1.82) is 0 Å². The molecule has 1 amide bonds. The lowest BCUT2D eigenvalue weighted by Crippen LogP contribution is -2.41. The lowest BCUT2D eigenvalue weighted by molar-refractivity contribution is -0.133. The number of likely N-dealkylation sites (tertiary alicyclic amines) is 1. The van der Waals surface area contributed by atoms with E-state index >= 15 is 0 Å². The Hall–Kier alpha value is -0.280. The quantitative estimate of drug-likeness (QED) is 0.765. The molecule has 1 heterocycles. The molecule has 1 unspecified atom stereocenters. The Labute approximate surface area is 92.4 Å². The third kappa shape index (κ3) is 4.29. The predicted molar refractivity (Wildman–Crippen MR) is 60.5 cm³/mol. The molecule has 0 aromatic heterocycles. The van der Waals surface area contributed by atoms with Crippen LogP contribution in [0.4, 0.5) is 0 Å². The summed E-state index contributed by atoms with van der Waals surface area (Å²) in [6, 6.07) is -0.00951. The minimum Gasteiger partial charge on any atom is -0.342 e. The summed E-state index contributed by atoms with van der Waals surface area (Å²) in [7, 11) is 0. The number of carbonyl (C=O) groups excluding carboxylic acids is 1. The molecule has 2 atom stereocenters. The van der Waals surface area contributed by atoms with Crippen molar-refractivity contribution in [2.45, 2.75) is 39.2 Å². The van der Waals surface area contributed by atoms with Crippen LogP contribution < -0.4 is 5.73 Å². The van der Waals surface area contributed by atoms with E-state index in [1.165, 1.54) is 6.42 Å². The highest BCUT2D eigenvalue weighted by Crippen LogP contribution is 2.16. The third-order valence-corrected chi connectivity index (χ3v) is 2.51. The number of hydrogen-bond acceptors (Lipinski definition) is 2. The van der Waals surface area contributed by atoms with E-state index in [9.17, 15) is 4.79 Å². The van der Waals surface area contributed by atoms with Gasteiger partial charge in [0.25, 0.3) is 0 Å². The highest BCUT2D eigenvalue weighted by Gasteiger charge is 2.20. The first kappa shape index (κ1) is 13.7. The normalized spacial score (nSPS) is 23.9. The Balaban J connectivity index is 0.00000169. The fourth-order valence-electron chi connectivity index (χ4n) is 1.82. The molecule has 0 aliphatic carbocycles. The van der Waals surface area contributed by atoms with Gasteiger partial charge >= 0.3 is 0 Å². The van der Waals surface area contributed by atoms with E-state index in [-0.39, 0.29) is 24.4 Å². The van der Waals surface area contributed by atoms with Gasteiger partial charge in [-0.3, -0.25) is 4.79 Å². The van der Waals surface area contributed by atoms with Gasteiger partial charge in [0.15, 0.2) is 0 Å². The largest absolute Gasteiger partial charge is 0.342 e. The number of halogens is 1.